The van der Waals surface area contributed by atoms with Gasteiger partial charge in [0.2, 0.25) is 5.91 Å². The van der Waals surface area contributed by atoms with Gasteiger partial charge in [-0.05, 0) is 35.4 Å². The molecule has 0 aliphatic rings. The molecule has 1 amide bonds. The summed E-state index contributed by atoms with van der Waals surface area (Å²) >= 11 is 0. The molecule has 0 saturated heterocycles. The van der Waals surface area contributed by atoms with Crippen LogP contribution in [0.4, 0.5) is 11.4 Å². The minimum Gasteiger partial charge on any atom is -0.381 e. The van der Waals surface area contributed by atoms with Crippen LogP contribution >= 0.6 is 0 Å². The van der Waals surface area contributed by atoms with Gasteiger partial charge in [-0.3, -0.25) is 4.79 Å². The predicted molar refractivity (Wildman–Crippen MR) is 95.8 cm³/mol. The first-order valence-electron chi connectivity index (χ1n) is 7.84. The van der Waals surface area contributed by atoms with Crippen LogP contribution in [0.15, 0.2) is 67.3 Å². The number of nitrogens with one attached hydrogen (secondary N) is 2. The predicted octanol–water partition coefficient (Wildman–Crippen LogP) is 3.50. The summed E-state index contributed by atoms with van der Waals surface area (Å²) in [6.07, 6.45) is 5.56. The number of imidazole rings is 1. The molecule has 2 aromatic carbocycles. The molecule has 0 spiro atoms. The van der Waals surface area contributed by atoms with Gasteiger partial charge in [0.25, 0.3) is 0 Å². The van der Waals surface area contributed by atoms with E-state index in [2.05, 4.69) is 39.9 Å². The first-order valence-corrected chi connectivity index (χ1v) is 7.84. The Morgan fingerprint density at radius 3 is 2.62 bits per heavy atom. The Morgan fingerprint density at radius 1 is 1.08 bits per heavy atom. The molecule has 122 valence electrons. The molecule has 0 atom stereocenters. The van der Waals surface area contributed by atoms with Gasteiger partial charge < -0.3 is 15.2 Å². The van der Waals surface area contributed by atoms with Gasteiger partial charge in [-0.1, -0.05) is 24.3 Å². The van der Waals surface area contributed by atoms with Gasteiger partial charge >= 0.3 is 0 Å². The minimum atomic E-state index is -0.0596. The molecule has 0 saturated carbocycles. The van der Waals surface area contributed by atoms with Crippen molar-refractivity contribution in [3.63, 3.8) is 0 Å². The number of carbonyl (C=O) groups is 1. The summed E-state index contributed by atoms with van der Waals surface area (Å²) in [7, 11) is 0. The number of hydrogen-bond acceptors (Lipinski definition) is 3. The maximum Gasteiger partial charge on any atom is 0.221 e. The molecule has 0 unspecified atom stereocenters. The van der Waals surface area contributed by atoms with Crippen LogP contribution in [-0.2, 0) is 17.9 Å². The lowest BCUT2D eigenvalue weighted by Gasteiger charge is -2.10. The molecule has 0 fully saturated rings. The Kier molecular flexibility index (Phi) is 4.91. The highest BCUT2D eigenvalue weighted by molar-refractivity contribution is 5.88. The van der Waals surface area contributed by atoms with Gasteiger partial charge in [-0.25, -0.2) is 4.98 Å². The van der Waals surface area contributed by atoms with Crippen LogP contribution in [0.1, 0.15) is 18.1 Å². The van der Waals surface area contributed by atoms with Crippen molar-refractivity contribution >= 4 is 17.3 Å². The van der Waals surface area contributed by atoms with Crippen molar-refractivity contribution in [3.8, 4) is 0 Å². The van der Waals surface area contributed by atoms with Crippen molar-refractivity contribution in [2.75, 3.05) is 10.6 Å². The Morgan fingerprint density at radius 2 is 1.92 bits per heavy atom. The zero-order valence-corrected chi connectivity index (χ0v) is 13.6. The van der Waals surface area contributed by atoms with E-state index >= 15 is 0 Å². The molecule has 1 aromatic heterocycles. The maximum atomic E-state index is 11.0. The molecular weight excluding hydrogens is 300 g/mol. The highest BCUT2D eigenvalue weighted by Crippen LogP contribution is 2.15. The smallest absolute Gasteiger partial charge is 0.221 e. The van der Waals surface area contributed by atoms with Gasteiger partial charge in [0.1, 0.15) is 0 Å². The van der Waals surface area contributed by atoms with E-state index < -0.39 is 0 Å². The van der Waals surface area contributed by atoms with Crippen molar-refractivity contribution < 1.29 is 4.79 Å². The van der Waals surface area contributed by atoms with Gasteiger partial charge in [0.05, 0.1) is 6.33 Å². The summed E-state index contributed by atoms with van der Waals surface area (Å²) in [5.74, 6) is -0.0596. The van der Waals surface area contributed by atoms with Crippen LogP contribution in [0.3, 0.4) is 0 Å². The molecule has 0 aliphatic carbocycles. The zero-order chi connectivity index (χ0) is 16.8. The van der Waals surface area contributed by atoms with E-state index in [1.54, 1.807) is 6.20 Å². The summed E-state index contributed by atoms with van der Waals surface area (Å²) in [4.78, 5) is 15.1. The third-order valence-electron chi connectivity index (χ3n) is 3.62. The number of aromatic nitrogens is 2. The third kappa shape index (κ3) is 4.46. The highest BCUT2D eigenvalue weighted by atomic mass is 16.1. The molecule has 24 heavy (non-hydrogen) atoms. The van der Waals surface area contributed by atoms with E-state index in [4.69, 9.17) is 0 Å². The number of benzene rings is 2. The lowest BCUT2D eigenvalue weighted by Crippen LogP contribution is -2.06. The lowest BCUT2D eigenvalue weighted by atomic mass is 10.1. The fraction of sp³-hybridized carbons (Fsp3) is 0.158. The van der Waals surface area contributed by atoms with E-state index in [9.17, 15) is 4.79 Å². The summed E-state index contributed by atoms with van der Waals surface area (Å²) in [6, 6.07) is 16.2. The zero-order valence-electron chi connectivity index (χ0n) is 13.6. The average molecular weight is 320 g/mol. The lowest BCUT2D eigenvalue weighted by molar-refractivity contribution is -0.114. The first kappa shape index (κ1) is 15.8. The topological polar surface area (TPSA) is 59.0 Å². The Labute approximate surface area is 141 Å². The van der Waals surface area contributed by atoms with Crippen LogP contribution in [0.2, 0.25) is 0 Å². The van der Waals surface area contributed by atoms with Crippen LogP contribution < -0.4 is 10.6 Å². The van der Waals surface area contributed by atoms with Crippen molar-refractivity contribution in [1.82, 2.24) is 9.55 Å². The minimum absolute atomic E-state index is 0.0596. The van der Waals surface area contributed by atoms with E-state index in [0.717, 1.165) is 30.0 Å². The average Bonchev–Trinajstić information content (AvgIpc) is 3.07. The Hall–Kier alpha value is -3.08. The Bertz CT molecular complexity index is 794. The van der Waals surface area contributed by atoms with Gasteiger partial charge in [-0.2, -0.15) is 0 Å². The second-order valence-electron chi connectivity index (χ2n) is 5.67. The first-order chi connectivity index (χ1) is 11.7. The molecule has 1 heterocycles. The summed E-state index contributed by atoms with van der Waals surface area (Å²) in [5.41, 5.74) is 4.27. The largest absolute Gasteiger partial charge is 0.381 e. The van der Waals surface area contributed by atoms with E-state index in [1.165, 1.54) is 12.5 Å². The van der Waals surface area contributed by atoms with E-state index in [1.807, 2.05) is 41.4 Å². The maximum absolute atomic E-state index is 11.0. The number of carbonyl (C=O) groups excluding carboxylic acids is 1. The van der Waals surface area contributed by atoms with E-state index in [-0.39, 0.29) is 5.91 Å². The number of anilines is 2. The quantitative estimate of drug-likeness (QED) is 0.731. The fourth-order valence-electron chi connectivity index (χ4n) is 2.48. The van der Waals surface area contributed by atoms with Crippen molar-refractivity contribution in [1.29, 1.82) is 0 Å². The second-order valence-corrected chi connectivity index (χ2v) is 5.67. The molecule has 0 bridgehead atoms. The van der Waals surface area contributed by atoms with Gasteiger partial charge in [-0.15, -0.1) is 0 Å². The second kappa shape index (κ2) is 7.46. The number of hydrogen-bond donors (Lipinski definition) is 2. The molecule has 2 N–H and O–H groups in total. The van der Waals surface area contributed by atoms with Gasteiger partial charge in [0.15, 0.2) is 0 Å². The van der Waals surface area contributed by atoms with Crippen LogP contribution in [0.25, 0.3) is 0 Å². The standard InChI is InChI=1S/C19H20N4O/c1-15(24)22-18-7-5-16(6-8-18)12-21-19-4-2-3-17(11-19)13-23-10-9-20-14-23/h2-11,14,21H,12-13H2,1H3,(H,22,24). The molecule has 5 nitrogen and oxygen atoms in total. The normalized spacial score (nSPS) is 10.4. The molecule has 3 aromatic rings. The number of rotatable bonds is 6. The van der Waals surface area contributed by atoms with Crippen molar-refractivity contribution in [3.05, 3.63) is 78.4 Å². The summed E-state index contributed by atoms with van der Waals surface area (Å²) in [6.45, 7) is 3.04. The monoisotopic (exact) mass is 320 g/mol. The van der Waals surface area contributed by atoms with Crippen molar-refractivity contribution in [2.24, 2.45) is 0 Å². The number of nitrogens with zero attached hydrogens (tertiary/aromatic N) is 2. The Balaban J connectivity index is 1.59. The van der Waals surface area contributed by atoms with E-state index in [0.29, 0.717) is 0 Å². The summed E-state index contributed by atoms with van der Waals surface area (Å²) in [5, 5.41) is 6.20. The molecule has 3 rings (SSSR count). The van der Waals surface area contributed by atoms with Crippen LogP contribution in [-0.4, -0.2) is 15.5 Å². The third-order valence-corrected chi connectivity index (χ3v) is 3.62. The molecular formula is C19H20N4O. The number of amides is 1. The highest BCUT2D eigenvalue weighted by Gasteiger charge is 1.99. The molecule has 5 heteroatoms. The van der Waals surface area contributed by atoms with Gasteiger partial charge in [0, 0.05) is 43.8 Å². The SMILES string of the molecule is CC(=O)Nc1ccc(CNc2cccc(Cn3ccnc3)c2)cc1. The van der Waals surface area contributed by atoms with Crippen LogP contribution in [0, 0.1) is 0 Å². The molecule has 0 aliphatic heterocycles. The fourth-order valence-corrected chi connectivity index (χ4v) is 2.48. The summed E-state index contributed by atoms with van der Waals surface area (Å²) < 4.78 is 2.04. The van der Waals surface area contributed by atoms with Crippen LogP contribution in [0.5, 0.6) is 0 Å². The molecule has 0 radical (unpaired) electrons. The van der Waals surface area contributed by atoms with Crippen molar-refractivity contribution in [2.45, 2.75) is 20.0 Å².